The number of nitrogens with zero attached hydrogens (tertiary/aromatic N) is 1. The van der Waals surface area contributed by atoms with E-state index < -0.39 is 0 Å². The molecule has 0 saturated heterocycles. The Kier molecular flexibility index (Phi) is 7.14. The summed E-state index contributed by atoms with van der Waals surface area (Å²) in [6.07, 6.45) is 1.79. The number of aromatic nitrogens is 1. The van der Waals surface area contributed by atoms with Crippen LogP contribution >= 0.6 is 23.7 Å². The summed E-state index contributed by atoms with van der Waals surface area (Å²) in [5.74, 6) is 1.66. The lowest BCUT2D eigenvalue weighted by atomic mass is 10.3. The Labute approximate surface area is 128 Å². The molecule has 0 fully saturated rings. The molecule has 0 spiro atoms. The van der Waals surface area contributed by atoms with E-state index in [1.54, 1.807) is 13.3 Å². The van der Waals surface area contributed by atoms with Crippen molar-refractivity contribution < 1.29 is 9.47 Å². The van der Waals surface area contributed by atoms with Crippen molar-refractivity contribution in [2.75, 3.05) is 26.0 Å². The van der Waals surface area contributed by atoms with Crippen LogP contribution in [0.2, 0.25) is 0 Å². The van der Waals surface area contributed by atoms with E-state index in [0.717, 1.165) is 29.5 Å². The van der Waals surface area contributed by atoms with Crippen LogP contribution in [0.5, 0.6) is 11.5 Å². The minimum atomic E-state index is 0. The van der Waals surface area contributed by atoms with E-state index in [-0.39, 0.29) is 12.4 Å². The summed E-state index contributed by atoms with van der Waals surface area (Å²) in [6, 6.07) is 7.54. The third-order valence-electron chi connectivity index (χ3n) is 2.48. The van der Waals surface area contributed by atoms with E-state index in [4.69, 9.17) is 15.2 Å². The third-order valence-corrected chi connectivity index (χ3v) is 3.30. The van der Waals surface area contributed by atoms with Crippen LogP contribution in [0.15, 0.2) is 30.5 Å². The molecule has 3 N–H and O–H groups in total. The van der Waals surface area contributed by atoms with Crippen molar-refractivity contribution in [2.24, 2.45) is 0 Å². The van der Waals surface area contributed by atoms with Crippen LogP contribution in [-0.2, 0) is 6.54 Å². The van der Waals surface area contributed by atoms with Gasteiger partial charge >= 0.3 is 0 Å². The molecule has 0 amide bonds. The molecule has 5 nitrogen and oxygen atoms in total. The molecule has 2 rings (SSSR count). The number of nitrogen functional groups attached to an aromatic ring is 1. The second-order valence-corrected chi connectivity index (χ2v) is 5.01. The Morgan fingerprint density at radius 1 is 1.25 bits per heavy atom. The Bertz CT molecular complexity index is 505. The highest BCUT2D eigenvalue weighted by molar-refractivity contribution is 7.15. The maximum Gasteiger partial charge on any atom is 0.180 e. The molecule has 1 heterocycles. The van der Waals surface area contributed by atoms with Gasteiger partial charge in [-0.15, -0.1) is 23.7 Å². The molecule has 0 unspecified atom stereocenters. The first kappa shape index (κ1) is 16.6. The minimum Gasteiger partial charge on any atom is -0.497 e. The summed E-state index contributed by atoms with van der Waals surface area (Å²) in [5.41, 5.74) is 5.55. The molecule has 20 heavy (non-hydrogen) atoms. The molecule has 0 bridgehead atoms. The van der Waals surface area contributed by atoms with E-state index in [9.17, 15) is 0 Å². The first-order valence-corrected chi connectivity index (χ1v) is 6.77. The van der Waals surface area contributed by atoms with E-state index >= 15 is 0 Å². The van der Waals surface area contributed by atoms with E-state index in [1.165, 1.54) is 11.3 Å². The molecule has 0 aliphatic rings. The number of rotatable bonds is 7. The molecule has 0 aliphatic heterocycles. The van der Waals surface area contributed by atoms with Gasteiger partial charge in [-0.25, -0.2) is 4.98 Å². The molecule has 7 heteroatoms. The van der Waals surface area contributed by atoms with Gasteiger partial charge in [0, 0.05) is 24.2 Å². The zero-order valence-corrected chi connectivity index (χ0v) is 12.8. The van der Waals surface area contributed by atoms with Gasteiger partial charge in [0.25, 0.3) is 0 Å². The maximum atomic E-state index is 5.59. The lowest BCUT2D eigenvalue weighted by Gasteiger charge is -2.07. The topological polar surface area (TPSA) is 69.4 Å². The molecular weight excluding hydrogens is 298 g/mol. The number of halogens is 1. The van der Waals surface area contributed by atoms with Gasteiger partial charge in [-0.3, -0.25) is 0 Å². The second-order valence-electron chi connectivity index (χ2n) is 3.87. The first-order chi connectivity index (χ1) is 9.28. The smallest absolute Gasteiger partial charge is 0.180 e. The van der Waals surface area contributed by atoms with Crippen molar-refractivity contribution in [1.82, 2.24) is 10.3 Å². The van der Waals surface area contributed by atoms with Crippen molar-refractivity contribution >= 4 is 28.9 Å². The Balaban J connectivity index is 0.00000200. The molecular formula is C13H18ClN3O2S. The molecule has 0 saturated carbocycles. The zero-order valence-electron chi connectivity index (χ0n) is 11.2. The van der Waals surface area contributed by atoms with Crippen LogP contribution in [-0.4, -0.2) is 25.2 Å². The largest absolute Gasteiger partial charge is 0.497 e. The van der Waals surface area contributed by atoms with Crippen LogP contribution in [0.3, 0.4) is 0 Å². The van der Waals surface area contributed by atoms with Crippen LogP contribution < -0.4 is 20.5 Å². The predicted molar refractivity (Wildman–Crippen MR) is 84.0 cm³/mol. The lowest BCUT2D eigenvalue weighted by Crippen LogP contribution is -2.20. The van der Waals surface area contributed by atoms with E-state index in [1.807, 2.05) is 24.3 Å². The highest BCUT2D eigenvalue weighted by atomic mass is 35.5. The van der Waals surface area contributed by atoms with E-state index in [0.29, 0.717) is 11.7 Å². The van der Waals surface area contributed by atoms with Gasteiger partial charge in [-0.2, -0.15) is 0 Å². The van der Waals surface area contributed by atoms with Crippen molar-refractivity contribution in [3.63, 3.8) is 0 Å². The summed E-state index contributed by atoms with van der Waals surface area (Å²) in [5, 5.41) is 3.88. The van der Waals surface area contributed by atoms with Gasteiger partial charge in [0.2, 0.25) is 0 Å². The molecule has 1 aromatic heterocycles. The number of thiazole rings is 1. The van der Waals surface area contributed by atoms with Crippen molar-refractivity contribution in [3.05, 3.63) is 35.3 Å². The number of nitrogens with two attached hydrogens (primary N) is 1. The molecule has 110 valence electrons. The van der Waals surface area contributed by atoms with E-state index in [2.05, 4.69) is 10.3 Å². The van der Waals surface area contributed by atoms with Gasteiger partial charge in [-0.1, -0.05) is 0 Å². The molecule has 0 aliphatic carbocycles. The number of methoxy groups -OCH3 is 1. The van der Waals surface area contributed by atoms with Crippen LogP contribution in [0, 0.1) is 0 Å². The Hall–Kier alpha value is -1.50. The minimum absolute atomic E-state index is 0. The second kappa shape index (κ2) is 8.63. The first-order valence-electron chi connectivity index (χ1n) is 5.95. The van der Waals surface area contributed by atoms with Crippen LogP contribution in [0.25, 0.3) is 0 Å². The summed E-state index contributed by atoms with van der Waals surface area (Å²) < 4.78 is 10.7. The number of hydrogen-bond acceptors (Lipinski definition) is 6. The summed E-state index contributed by atoms with van der Waals surface area (Å²) in [7, 11) is 1.64. The quantitative estimate of drug-likeness (QED) is 0.767. The Morgan fingerprint density at radius 2 is 1.95 bits per heavy atom. The van der Waals surface area contributed by atoms with Crippen LogP contribution in [0.4, 0.5) is 5.13 Å². The number of benzene rings is 1. The van der Waals surface area contributed by atoms with Crippen LogP contribution in [0.1, 0.15) is 4.88 Å². The lowest BCUT2D eigenvalue weighted by molar-refractivity contribution is 0.313. The number of hydrogen-bond donors (Lipinski definition) is 2. The van der Waals surface area contributed by atoms with Crippen molar-refractivity contribution in [2.45, 2.75) is 6.54 Å². The molecule has 1 aromatic carbocycles. The summed E-state index contributed by atoms with van der Waals surface area (Å²) >= 11 is 1.50. The third kappa shape index (κ3) is 5.24. The molecule has 0 radical (unpaired) electrons. The van der Waals surface area contributed by atoms with Gasteiger partial charge < -0.3 is 20.5 Å². The normalized spacial score (nSPS) is 9.85. The fourth-order valence-electron chi connectivity index (χ4n) is 1.53. The highest BCUT2D eigenvalue weighted by Crippen LogP contribution is 2.16. The maximum absolute atomic E-state index is 5.59. The van der Waals surface area contributed by atoms with Gasteiger partial charge in [0.15, 0.2) is 5.13 Å². The summed E-state index contributed by atoms with van der Waals surface area (Å²) in [4.78, 5) is 5.12. The number of ether oxygens (including phenoxy) is 2. The molecule has 2 aromatic rings. The fraction of sp³-hybridized carbons (Fsp3) is 0.308. The van der Waals surface area contributed by atoms with Gasteiger partial charge in [0.05, 0.1) is 7.11 Å². The average Bonchev–Trinajstić information content (AvgIpc) is 2.85. The Morgan fingerprint density at radius 3 is 2.55 bits per heavy atom. The average molecular weight is 316 g/mol. The number of nitrogens with one attached hydrogen (secondary N) is 1. The van der Waals surface area contributed by atoms with Crippen molar-refractivity contribution in [1.29, 1.82) is 0 Å². The molecule has 0 atom stereocenters. The fourth-order valence-corrected chi connectivity index (χ4v) is 2.18. The summed E-state index contributed by atoms with van der Waals surface area (Å²) in [6.45, 7) is 2.14. The zero-order chi connectivity index (χ0) is 13.5. The standard InChI is InChI=1S/C13H17N3O2S.ClH/c1-17-10-2-4-11(5-3-10)18-7-6-15-8-12-9-16-13(14)19-12;/h2-5,9,15H,6-8H2,1H3,(H2,14,16);1H. The highest BCUT2D eigenvalue weighted by Gasteiger charge is 1.98. The monoisotopic (exact) mass is 315 g/mol. The van der Waals surface area contributed by atoms with Gasteiger partial charge in [-0.05, 0) is 24.3 Å². The van der Waals surface area contributed by atoms with Crippen molar-refractivity contribution in [3.8, 4) is 11.5 Å². The van der Waals surface area contributed by atoms with Gasteiger partial charge in [0.1, 0.15) is 18.1 Å². The SMILES string of the molecule is COc1ccc(OCCNCc2cnc(N)s2)cc1.Cl. The predicted octanol–water partition coefficient (Wildman–Crippen LogP) is 2.32. The number of anilines is 1.